The molecule has 3 N–H and O–H groups in total. The first-order chi connectivity index (χ1) is 19.9. The number of benzene rings is 2. The van der Waals surface area contributed by atoms with Crippen molar-refractivity contribution in [2.24, 2.45) is 0 Å². The van der Waals surface area contributed by atoms with Crippen LogP contribution in [0.4, 0.5) is 15.9 Å². The monoisotopic (exact) mass is 551 g/mol. The van der Waals surface area contributed by atoms with Gasteiger partial charge in [0.2, 0.25) is 17.7 Å². The van der Waals surface area contributed by atoms with Gasteiger partial charge in [0, 0.05) is 24.2 Å². The minimum Gasteiger partial charge on any atom is -0.350 e. The number of H-pyrrole nitrogens is 1. The fourth-order valence-corrected chi connectivity index (χ4v) is 5.82. The molecular formula is C28H22FN9O3. The molecule has 0 unspecified atom stereocenters. The number of aryl methyl sites for hydroxylation is 1. The van der Waals surface area contributed by atoms with Crippen molar-refractivity contribution in [2.75, 3.05) is 16.8 Å². The highest BCUT2D eigenvalue weighted by Gasteiger charge is 2.58. The summed E-state index contributed by atoms with van der Waals surface area (Å²) in [6.45, 7) is 1.69. The normalized spacial score (nSPS) is 17.6. The van der Waals surface area contributed by atoms with Gasteiger partial charge in [0.15, 0.2) is 11.5 Å². The molecule has 0 aliphatic carbocycles. The van der Waals surface area contributed by atoms with Crippen molar-refractivity contribution in [3.05, 3.63) is 89.4 Å². The number of hydrogen-bond acceptors (Lipinski definition) is 7. The van der Waals surface area contributed by atoms with Crippen LogP contribution in [0.5, 0.6) is 0 Å². The molecule has 2 aliphatic rings. The highest BCUT2D eigenvalue weighted by atomic mass is 19.1. The maximum Gasteiger partial charge on any atom is 0.243 e. The average Bonchev–Trinajstić information content (AvgIpc) is 3.64. The molecule has 1 atom stereocenters. The third-order valence-electron chi connectivity index (χ3n) is 7.54. The summed E-state index contributed by atoms with van der Waals surface area (Å²) in [7, 11) is 0. The first kappa shape index (κ1) is 24.6. The fourth-order valence-electron chi connectivity index (χ4n) is 5.82. The third kappa shape index (κ3) is 3.69. The molecule has 2 aliphatic heterocycles. The average molecular weight is 552 g/mol. The maximum absolute atomic E-state index is 14.4. The van der Waals surface area contributed by atoms with Gasteiger partial charge in [-0.1, -0.05) is 30.3 Å². The lowest BCUT2D eigenvalue weighted by Crippen LogP contribution is -2.49. The van der Waals surface area contributed by atoms with Gasteiger partial charge in [-0.25, -0.2) is 19.3 Å². The van der Waals surface area contributed by atoms with Crippen LogP contribution in [0.15, 0.2) is 61.2 Å². The third-order valence-corrected chi connectivity index (χ3v) is 7.54. The number of carbonyl (C=O) groups is 3. The van der Waals surface area contributed by atoms with Crippen LogP contribution in [0.2, 0.25) is 0 Å². The molecule has 3 aromatic heterocycles. The van der Waals surface area contributed by atoms with Crippen molar-refractivity contribution < 1.29 is 18.8 Å². The van der Waals surface area contributed by atoms with Gasteiger partial charge in [0.1, 0.15) is 35.4 Å². The number of anilines is 2. The highest BCUT2D eigenvalue weighted by Crippen LogP contribution is 2.53. The summed E-state index contributed by atoms with van der Waals surface area (Å²) in [5.41, 5.74) is 2.49. The van der Waals surface area contributed by atoms with Crippen LogP contribution < -0.4 is 15.5 Å². The Morgan fingerprint density at radius 2 is 1.90 bits per heavy atom. The number of halogens is 1. The van der Waals surface area contributed by atoms with E-state index in [-0.39, 0.29) is 31.2 Å². The number of imidazole rings is 1. The summed E-state index contributed by atoms with van der Waals surface area (Å²) < 4.78 is 14.7. The van der Waals surface area contributed by atoms with Crippen LogP contribution in [-0.4, -0.2) is 54.0 Å². The summed E-state index contributed by atoms with van der Waals surface area (Å²) in [6.07, 6.45) is 2.69. The zero-order chi connectivity index (χ0) is 28.3. The Hall–Kier alpha value is -5.46. The number of para-hydroxylation sites is 1. The molecule has 0 fully saturated rings. The van der Waals surface area contributed by atoms with Crippen molar-refractivity contribution in [1.82, 2.24) is 35.0 Å². The second kappa shape index (κ2) is 9.05. The second-order valence-corrected chi connectivity index (χ2v) is 9.96. The number of aromatic amines is 1. The number of carbonyl (C=O) groups excluding carboxylic acids is 3. The molecule has 13 heteroatoms. The minimum atomic E-state index is -1.39. The molecule has 0 saturated heterocycles. The number of nitrogens with zero attached hydrogens (tertiary/aromatic N) is 6. The van der Waals surface area contributed by atoms with Crippen molar-refractivity contribution in [3.63, 3.8) is 0 Å². The maximum atomic E-state index is 14.4. The number of nitrogens with one attached hydrogen (secondary N) is 3. The zero-order valence-electron chi connectivity index (χ0n) is 21.7. The number of hydrogen-bond donors (Lipinski definition) is 3. The van der Waals surface area contributed by atoms with E-state index in [4.69, 9.17) is 5.10 Å². The topological polar surface area (TPSA) is 151 Å². The van der Waals surface area contributed by atoms with Gasteiger partial charge in [-0.05, 0) is 36.2 Å². The van der Waals surface area contributed by atoms with E-state index >= 15 is 0 Å². The molecule has 5 heterocycles. The SMILES string of the molecule is Cc1nn(-c2ncnc3nc[nH]c23)c2c1[C@]1(CC(=O)N2)C(=O)N(CC(=O)NCc2ccc(F)cc2)c2ccccc21. The van der Waals surface area contributed by atoms with Gasteiger partial charge in [-0.2, -0.15) is 9.78 Å². The molecule has 5 aromatic rings. The Kier molecular flexibility index (Phi) is 5.42. The van der Waals surface area contributed by atoms with Crippen LogP contribution in [0.25, 0.3) is 17.0 Å². The van der Waals surface area contributed by atoms with Crippen molar-refractivity contribution in [1.29, 1.82) is 0 Å². The molecule has 0 saturated carbocycles. The predicted octanol–water partition coefficient (Wildman–Crippen LogP) is 2.28. The summed E-state index contributed by atoms with van der Waals surface area (Å²) in [4.78, 5) is 57.8. The molecule has 1 spiro atoms. The molecule has 0 bridgehead atoms. The Balaban J connectivity index is 1.29. The van der Waals surface area contributed by atoms with Gasteiger partial charge in [0.25, 0.3) is 0 Å². The Labute approximate surface area is 231 Å². The van der Waals surface area contributed by atoms with Gasteiger partial charge >= 0.3 is 0 Å². The Morgan fingerprint density at radius 1 is 1.10 bits per heavy atom. The lowest BCUT2D eigenvalue weighted by atomic mass is 9.70. The largest absolute Gasteiger partial charge is 0.350 e. The van der Waals surface area contributed by atoms with E-state index in [1.807, 2.05) is 0 Å². The molecule has 2 aromatic carbocycles. The summed E-state index contributed by atoms with van der Waals surface area (Å²) in [6, 6.07) is 13.0. The molecule has 41 heavy (non-hydrogen) atoms. The second-order valence-electron chi connectivity index (χ2n) is 9.96. The van der Waals surface area contributed by atoms with E-state index in [1.54, 1.807) is 43.3 Å². The van der Waals surface area contributed by atoms with Crippen LogP contribution in [0, 0.1) is 12.7 Å². The number of fused-ring (bicyclic) bond motifs is 5. The quantitative estimate of drug-likeness (QED) is 0.303. The summed E-state index contributed by atoms with van der Waals surface area (Å²) in [5, 5.41) is 10.4. The number of rotatable bonds is 5. The van der Waals surface area contributed by atoms with E-state index in [9.17, 15) is 18.8 Å². The first-order valence-electron chi connectivity index (χ1n) is 12.8. The predicted molar refractivity (Wildman–Crippen MR) is 145 cm³/mol. The molecule has 12 nitrogen and oxygen atoms in total. The number of amides is 3. The van der Waals surface area contributed by atoms with Crippen LogP contribution in [-0.2, 0) is 26.3 Å². The van der Waals surface area contributed by atoms with Gasteiger partial charge in [-0.3, -0.25) is 14.4 Å². The minimum absolute atomic E-state index is 0.153. The fraction of sp³-hybridized carbons (Fsp3) is 0.179. The van der Waals surface area contributed by atoms with Crippen molar-refractivity contribution in [2.45, 2.75) is 25.3 Å². The highest BCUT2D eigenvalue weighted by molar-refractivity contribution is 6.17. The van der Waals surface area contributed by atoms with E-state index in [0.29, 0.717) is 45.3 Å². The lowest BCUT2D eigenvalue weighted by Gasteiger charge is -2.33. The first-order valence-corrected chi connectivity index (χ1v) is 12.8. The molecule has 3 amide bonds. The summed E-state index contributed by atoms with van der Waals surface area (Å²) >= 11 is 0. The standard InChI is InChI=1S/C28H22FN9O3/c1-15-22-25(38(36-15)26-23-24(32-13-31-23)33-14-34-26)35-20(39)10-28(22)18-4-2-3-5-19(18)37(27(28)41)12-21(40)30-11-16-6-8-17(29)9-7-16/h2-9,13-14H,10-12H2,1H3,(H,30,40)(H,35,39)(H,31,32,33,34)/t28-/m1/s1. The lowest BCUT2D eigenvalue weighted by molar-refractivity contribution is -0.128. The van der Waals surface area contributed by atoms with Crippen LogP contribution in [0.1, 0.15) is 28.8 Å². The smallest absolute Gasteiger partial charge is 0.243 e. The molecule has 204 valence electrons. The zero-order valence-corrected chi connectivity index (χ0v) is 21.7. The van der Waals surface area contributed by atoms with E-state index in [0.717, 1.165) is 5.56 Å². The molecule has 7 rings (SSSR count). The molecular weight excluding hydrogens is 529 g/mol. The van der Waals surface area contributed by atoms with Gasteiger partial charge in [0.05, 0.1) is 12.0 Å². The molecule has 0 radical (unpaired) electrons. The Morgan fingerprint density at radius 3 is 2.73 bits per heavy atom. The summed E-state index contributed by atoms with van der Waals surface area (Å²) in [5.74, 6) is -0.856. The van der Waals surface area contributed by atoms with Gasteiger partial charge < -0.3 is 20.5 Å². The van der Waals surface area contributed by atoms with Crippen LogP contribution in [0.3, 0.4) is 0 Å². The Bertz CT molecular complexity index is 1880. The number of aromatic nitrogens is 6. The van der Waals surface area contributed by atoms with E-state index in [2.05, 4.69) is 30.6 Å². The van der Waals surface area contributed by atoms with Gasteiger partial charge in [-0.15, -0.1) is 0 Å². The van der Waals surface area contributed by atoms with Crippen molar-refractivity contribution >= 4 is 40.4 Å². The van der Waals surface area contributed by atoms with Crippen molar-refractivity contribution in [3.8, 4) is 5.82 Å². The van der Waals surface area contributed by atoms with Crippen LogP contribution >= 0.6 is 0 Å². The van der Waals surface area contributed by atoms with E-state index in [1.165, 1.54) is 34.4 Å². The van der Waals surface area contributed by atoms with E-state index < -0.39 is 17.2 Å².